The van der Waals surface area contributed by atoms with Crippen LogP contribution in [-0.2, 0) is 9.59 Å². The second-order valence-corrected chi connectivity index (χ2v) is 7.61. The minimum absolute atomic E-state index is 0. The van der Waals surface area contributed by atoms with Gasteiger partial charge in [-0.2, -0.15) is 12.1 Å². The fourth-order valence-corrected chi connectivity index (χ4v) is 3.13. The quantitative estimate of drug-likeness (QED) is 0.201. The summed E-state index contributed by atoms with van der Waals surface area (Å²) in [4.78, 5) is 23.7. The summed E-state index contributed by atoms with van der Waals surface area (Å²) in [6.45, 7) is 1.76. The summed E-state index contributed by atoms with van der Waals surface area (Å²) < 4.78 is 0. The van der Waals surface area contributed by atoms with E-state index in [1.807, 2.05) is 30.3 Å². The van der Waals surface area contributed by atoms with Gasteiger partial charge < -0.3 is 17.3 Å². The van der Waals surface area contributed by atoms with Crippen LogP contribution in [0.15, 0.2) is 48.5 Å². The van der Waals surface area contributed by atoms with Crippen LogP contribution in [0.25, 0.3) is 5.57 Å². The topological polar surface area (TPSA) is 54.4 Å². The monoisotopic (exact) mass is 442 g/mol. The molecule has 2 aromatic carbocycles. The van der Waals surface area contributed by atoms with Gasteiger partial charge in [0, 0.05) is 24.2 Å². The van der Waals surface area contributed by atoms with E-state index >= 15 is 0 Å². The van der Waals surface area contributed by atoms with Crippen LogP contribution < -0.4 is 18.9 Å². The van der Waals surface area contributed by atoms with Crippen molar-refractivity contribution >= 4 is 28.9 Å². The molecule has 3 nitrogen and oxygen atoms in total. The summed E-state index contributed by atoms with van der Waals surface area (Å²) in [5.74, 6) is 5.01. The third kappa shape index (κ3) is 11.4. The van der Waals surface area contributed by atoms with E-state index in [0.717, 1.165) is 24.8 Å². The van der Waals surface area contributed by atoms with Crippen LogP contribution in [0.1, 0.15) is 56.6 Å². The van der Waals surface area contributed by atoms with E-state index in [4.69, 9.17) is 16.7 Å². The molecule has 5 heteroatoms. The van der Waals surface area contributed by atoms with E-state index in [9.17, 15) is 9.59 Å². The summed E-state index contributed by atoms with van der Waals surface area (Å²) in [7, 11) is 0. The molecule has 0 radical (unpaired) electrons. The predicted molar refractivity (Wildman–Crippen MR) is 126 cm³/mol. The number of ketones is 1. The summed E-state index contributed by atoms with van der Waals surface area (Å²) in [6.07, 6.45) is 6.47. The largest absolute Gasteiger partial charge is 1.00 e. The number of hydrogen-bond donors (Lipinski definition) is 1. The molecule has 0 aliphatic heterocycles. The minimum atomic E-state index is -0.907. The molecule has 0 heterocycles. The van der Waals surface area contributed by atoms with Crippen molar-refractivity contribution in [3.05, 3.63) is 84.2 Å². The van der Waals surface area contributed by atoms with Crippen LogP contribution in [0.2, 0.25) is 5.02 Å². The maximum atomic E-state index is 12.8. The van der Waals surface area contributed by atoms with Crippen LogP contribution in [0, 0.1) is 37.3 Å². The Kier molecular flexibility index (Phi) is 15.3. The molecule has 2 rings (SSSR count). The SMILES string of the molecule is C[C@H](CC(=O)O)CC(=O)C(=[C-]CCCCC#Cc1ccccc1)c1[c-]ccc(Cl)c1.[CH3-].[Li+]. The number of carbonyl (C=O) groups excluding carboxylic acids is 1. The van der Waals surface area contributed by atoms with E-state index in [-0.39, 0.29) is 50.8 Å². The van der Waals surface area contributed by atoms with Crippen molar-refractivity contribution in [3.63, 3.8) is 0 Å². The molecule has 32 heavy (non-hydrogen) atoms. The molecule has 1 atom stereocenters. The molecule has 0 spiro atoms. The Bertz CT molecular complexity index is 942. The molecule has 0 aliphatic rings. The van der Waals surface area contributed by atoms with Gasteiger partial charge in [-0.05, 0) is 30.9 Å². The molecular formula is C27H28ClLiO3-2. The average molecular weight is 443 g/mol. The number of carboxylic acid groups (broad SMARTS) is 1. The Morgan fingerprint density at radius 1 is 1.16 bits per heavy atom. The smallest absolute Gasteiger partial charge is 0.481 e. The molecule has 0 saturated heterocycles. The summed E-state index contributed by atoms with van der Waals surface area (Å²) in [5, 5.41) is 9.46. The van der Waals surface area contributed by atoms with Crippen LogP contribution in [-0.4, -0.2) is 16.9 Å². The molecule has 0 unspecified atom stereocenters. The number of hydrogen-bond acceptors (Lipinski definition) is 2. The number of unbranched alkanes of at least 4 members (excludes halogenated alkanes) is 3. The van der Waals surface area contributed by atoms with Gasteiger partial charge in [0.2, 0.25) is 0 Å². The van der Waals surface area contributed by atoms with Crippen molar-refractivity contribution in [1.29, 1.82) is 0 Å². The third-order valence-corrected chi connectivity index (χ3v) is 4.64. The molecule has 164 valence electrons. The van der Waals surface area contributed by atoms with Crippen molar-refractivity contribution < 1.29 is 33.6 Å². The van der Waals surface area contributed by atoms with Crippen LogP contribution in [0.5, 0.6) is 0 Å². The Morgan fingerprint density at radius 2 is 1.88 bits per heavy atom. The van der Waals surface area contributed by atoms with Gasteiger partial charge in [-0.3, -0.25) is 10.4 Å². The first-order valence-corrected chi connectivity index (χ1v) is 10.4. The zero-order chi connectivity index (χ0) is 21.8. The number of allylic oxidation sites excluding steroid dienone is 2. The van der Waals surface area contributed by atoms with Crippen LogP contribution in [0.3, 0.4) is 0 Å². The summed E-state index contributed by atoms with van der Waals surface area (Å²) in [5.41, 5.74) is 2.04. The Morgan fingerprint density at radius 3 is 2.53 bits per heavy atom. The molecule has 0 aliphatic carbocycles. The fraction of sp³-hybridized carbons (Fsp3) is 0.296. The van der Waals surface area contributed by atoms with Crippen molar-refractivity contribution in [2.45, 2.75) is 45.4 Å². The van der Waals surface area contributed by atoms with Gasteiger partial charge >= 0.3 is 24.8 Å². The Balaban J connectivity index is 0.00000480. The first kappa shape index (κ1) is 29.8. The van der Waals surface area contributed by atoms with E-state index in [2.05, 4.69) is 24.0 Å². The second kappa shape index (κ2) is 16.4. The van der Waals surface area contributed by atoms with Crippen molar-refractivity contribution in [3.8, 4) is 11.8 Å². The molecule has 2 aromatic rings. The number of benzene rings is 2. The molecule has 0 aromatic heterocycles. The molecule has 1 N–H and O–H groups in total. The molecule has 0 bridgehead atoms. The van der Waals surface area contributed by atoms with Gasteiger partial charge in [0.1, 0.15) is 0 Å². The van der Waals surface area contributed by atoms with Gasteiger partial charge in [-0.25, -0.2) is 17.7 Å². The number of carboxylic acids is 1. The number of Topliss-reactive ketones (excluding diaryl/α,β-unsaturated/α-hetero) is 1. The van der Waals surface area contributed by atoms with E-state index in [1.54, 1.807) is 25.1 Å². The molecule has 0 saturated carbocycles. The number of carbonyl (C=O) groups is 2. The Hall–Kier alpha value is -2.23. The number of aliphatic carboxylic acids is 1. The predicted octanol–water partition coefficient (Wildman–Crippen LogP) is 3.46. The first-order chi connectivity index (χ1) is 14.5. The van der Waals surface area contributed by atoms with Crippen LogP contribution in [0.4, 0.5) is 0 Å². The van der Waals surface area contributed by atoms with Gasteiger partial charge in [0.15, 0.2) is 0 Å². The van der Waals surface area contributed by atoms with Gasteiger partial charge in [-0.15, -0.1) is 17.7 Å². The van der Waals surface area contributed by atoms with Gasteiger partial charge in [0.25, 0.3) is 0 Å². The first-order valence-electron chi connectivity index (χ1n) is 10.0. The average Bonchev–Trinajstić information content (AvgIpc) is 2.70. The van der Waals surface area contributed by atoms with Gasteiger partial charge in [-0.1, -0.05) is 54.8 Å². The van der Waals surface area contributed by atoms with E-state index in [1.165, 1.54) is 0 Å². The third-order valence-electron chi connectivity index (χ3n) is 4.41. The molecular weight excluding hydrogens is 415 g/mol. The van der Waals surface area contributed by atoms with E-state index < -0.39 is 5.97 Å². The zero-order valence-electron chi connectivity index (χ0n) is 19.1. The molecule has 0 amide bonds. The van der Waals surface area contributed by atoms with Crippen molar-refractivity contribution in [2.24, 2.45) is 5.92 Å². The van der Waals surface area contributed by atoms with Crippen molar-refractivity contribution in [1.82, 2.24) is 0 Å². The minimum Gasteiger partial charge on any atom is -0.481 e. The maximum Gasteiger partial charge on any atom is 1.00 e. The zero-order valence-corrected chi connectivity index (χ0v) is 19.8. The number of rotatable bonds is 10. The van der Waals surface area contributed by atoms with Gasteiger partial charge in [0.05, 0.1) is 0 Å². The Labute approximate surface area is 209 Å². The standard InChI is InChI=1S/C26H25ClO3.CH3.Li/c1-20(18-26(29)30)17-25(28)24(22-14-10-15-23(27)19-22)16-9-4-2-3-6-11-21-12-7-5-8-13-21;;/h5,7-8,10,12-13,15,19-20H,2-4,9,17-18H2,1H3,(H,29,30);1H3;/q-2;-1;+1/t20-;;/m0../s1. The summed E-state index contributed by atoms with van der Waals surface area (Å²) >= 11 is 6.07. The second-order valence-electron chi connectivity index (χ2n) is 7.18. The fourth-order valence-electron chi connectivity index (χ4n) is 2.95. The van der Waals surface area contributed by atoms with E-state index in [0.29, 0.717) is 22.6 Å². The van der Waals surface area contributed by atoms with Crippen molar-refractivity contribution in [2.75, 3.05) is 0 Å². The van der Waals surface area contributed by atoms with Crippen LogP contribution >= 0.6 is 11.6 Å². The summed E-state index contributed by atoms with van der Waals surface area (Å²) in [6, 6.07) is 18.0. The normalized spacial score (nSPS) is 11.2. The number of halogens is 1. The maximum absolute atomic E-state index is 12.8. The molecule has 0 fully saturated rings.